The van der Waals surface area contributed by atoms with E-state index in [-0.39, 0.29) is 60.0 Å². The molecule has 2 radical (unpaired) electrons. The van der Waals surface area contributed by atoms with Gasteiger partial charge in [-0.2, -0.15) is 0 Å². The Morgan fingerprint density at radius 3 is 1.50 bits per heavy atom. The van der Waals surface area contributed by atoms with Crippen LogP contribution in [0.2, 0.25) is 0 Å². The van der Waals surface area contributed by atoms with Crippen molar-refractivity contribution in [1.82, 2.24) is 0 Å². The molecule has 0 N–H and O–H groups in total. The molecule has 0 fully saturated rings. The van der Waals surface area contributed by atoms with Crippen LogP contribution in [-0.4, -0.2) is 57.2 Å². The average molecular weight is 409 g/mol. The Bertz CT molecular complexity index is 11.5. The Balaban J connectivity index is -0.00000000667. The number of rotatable bonds is 0. The average Bonchev–Trinajstić information content (AvgIpc) is 0.918. The molecule has 0 heterocycles. The maximum Gasteiger partial charge on any atom is 2.00 e. The van der Waals surface area contributed by atoms with Crippen LogP contribution in [0.15, 0.2) is 0 Å². The van der Waals surface area contributed by atoms with Crippen molar-refractivity contribution < 1.29 is 2.85 Å². The Morgan fingerprint density at radius 2 is 1.50 bits per heavy atom. The van der Waals surface area contributed by atoms with Crippen LogP contribution >= 0.6 is 24.0 Å². The number of hydrogen-bond donors (Lipinski definition) is 0. The van der Waals surface area contributed by atoms with E-state index in [4.69, 9.17) is 0 Å². The smallest absolute Gasteiger partial charge is 1.00 e. The topological polar surface area (TPSA) is 0 Å². The summed E-state index contributed by atoms with van der Waals surface area (Å²) in [5.41, 5.74) is 0. The fourth-order valence-corrected chi connectivity index (χ4v) is 0. The maximum absolute atomic E-state index is 3.26. The van der Waals surface area contributed by atoms with Crippen molar-refractivity contribution in [3.05, 3.63) is 0 Å². The van der Waals surface area contributed by atoms with Gasteiger partial charge >= 0.3 is 81.1 Å². The molecular weight excluding hydrogens is 407 g/mol. The summed E-state index contributed by atoms with van der Waals surface area (Å²) in [6.07, 6.45) is 0. The molecular formula is H2Br2CaPb. The second-order valence-corrected chi connectivity index (χ2v) is 16.9. The third-order valence-corrected chi connectivity index (χ3v) is 0. The maximum atomic E-state index is 3.26. The summed E-state index contributed by atoms with van der Waals surface area (Å²) < 4.78 is 0. The third-order valence-electron chi connectivity index (χ3n) is 0. The van der Waals surface area contributed by atoms with Gasteiger partial charge in [-0.15, -0.1) is 0 Å². The first-order valence-corrected chi connectivity index (χ1v) is 17.2. The third kappa shape index (κ3) is 8.94. The summed E-state index contributed by atoms with van der Waals surface area (Å²) >= 11 is 6.22. The van der Waals surface area contributed by atoms with E-state index in [1.54, 1.807) is 0 Å². The van der Waals surface area contributed by atoms with Crippen LogP contribution < -0.4 is 0 Å². The Labute approximate surface area is 81.9 Å². The molecule has 0 aromatic carbocycles. The van der Waals surface area contributed by atoms with Gasteiger partial charge < -0.3 is 2.85 Å². The molecule has 4 heteroatoms. The monoisotopic (exact) mass is 408 g/mol. The van der Waals surface area contributed by atoms with Gasteiger partial charge in [-0.1, -0.05) is 0 Å². The second kappa shape index (κ2) is 9.47. The van der Waals surface area contributed by atoms with E-state index in [2.05, 4.69) is 24.0 Å². The van der Waals surface area contributed by atoms with Gasteiger partial charge in [-0.25, -0.2) is 0 Å². The van der Waals surface area contributed by atoms with Crippen molar-refractivity contribution >= 4 is 81.1 Å². The van der Waals surface area contributed by atoms with Crippen LogP contribution in [0, 0.1) is 0 Å². The summed E-state index contributed by atoms with van der Waals surface area (Å²) in [4.78, 5) is 0. The van der Waals surface area contributed by atoms with Crippen molar-refractivity contribution in [2.24, 2.45) is 0 Å². The minimum atomic E-state index is -0.292. The minimum Gasteiger partial charge on any atom is -1.00 e. The largest absolute Gasteiger partial charge is 2.00 e. The van der Waals surface area contributed by atoms with Crippen molar-refractivity contribution in [3.8, 4) is 0 Å². The van der Waals surface area contributed by atoms with Gasteiger partial charge in [0.25, 0.3) is 0 Å². The fourth-order valence-electron chi connectivity index (χ4n) is 0. The zero-order valence-electron chi connectivity index (χ0n) is 3.96. The van der Waals surface area contributed by atoms with Gasteiger partial charge in [-0.3, -0.25) is 0 Å². The first kappa shape index (κ1) is 10.2. The Kier molecular flexibility index (Phi) is 24.1. The van der Waals surface area contributed by atoms with Gasteiger partial charge in [0.2, 0.25) is 0 Å². The van der Waals surface area contributed by atoms with E-state index in [1.165, 1.54) is 0 Å². The second-order valence-electron chi connectivity index (χ2n) is 0.0714. The Hall–Kier alpha value is 3.14. The minimum absolute atomic E-state index is 0. The molecule has 0 aliphatic heterocycles. The molecule has 0 saturated carbocycles. The number of halogens is 2. The quantitative estimate of drug-likeness (QED) is 0.527. The summed E-state index contributed by atoms with van der Waals surface area (Å²) in [6.45, 7) is 0. The molecule has 0 nitrogen and oxygen atoms in total. The molecule has 0 aromatic heterocycles. The predicted octanol–water partition coefficient (Wildman–Crippen LogP) is 1.15. The number of hydrogen-bond acceptors (Lipinski definition) is 0. The predicted molar refractivity (Wildman–Crippen MR) is 31.6 cm³/mol. The first-order chi connectivity index (χ1) is 1.41. The summed E-state index contributed by atoms with van der Waals surface area (Å²) in [5.74, 6) is 0. The van der Waals surface area contributed by atoms with Gasteiger partial charge in [0.05, 0.1) is 0 Å². The molecule has 0 rings (SSSR count). The molecule has 4 heavy (non-hydrogen) atoms. The van der Waals surface area contributed by atoms with E-state index >= 15 is 0 Å². The normalized spacial score (nSPS) is 4.50. The fraction of sp³-hybridized carbons (Fsp3) is 0. The van der Waals surface area contributed by atoms with Crippen LogP contribution in [0.4, 0.5) is 0 Å². The van der Waals surface area contributed by atoms with Crippen LogP contribution in [0.1, 0.15) is 2.85 Å². The van der Waals surface area contributed by atoms with Gasteiger partial charge in [0, 0.05) is 0 Å². The van der Waals surface area contributed by atoms with E-state index in [0.29, 0.717) is 0 Å². The zero-order chi connectivity index (χ0) is 2.71. The van der Waals surface area contributed by atoms with Crippen LogP contribution in [0.3, 0.4) is 0 Å². The van der Waals surface area contributed by atoms with Crippen LogP contribution in [0.5, 0.6) is 0 Å². The summed E-state index contributed by atoms with van der Waals surface area (Å²) in [6, 6.07) is 0. The molecule has 0 aliphatic rings. The van der Waals surface area contributed by atoms with E-state index in [0.717, 1.165) is 0 Å². The molecule has 0 aliphatic carbocycles. The van der Waals surface area contributed by atoms with Gasteiger partial charge in [0.15, 0.2) is 0 Å². The molecule has 0 unspecified atom stereocenters. The van der Waals surface area contributed by atoms with Crippen LogP contribution in [-0.2, 0) is 0 Å². The van der Waals surface area contributed by atoms with Crippen molar-refractivity contribution in [1.29, 1.82) is 0 Å². The zero-order valence-corrected chi connectivity index (χ0v) is 11.2. The molecule has 0 amide bonds. The molecule has 0 spiro atoms. The Morgan fingerprint density at radius 1 is 1.50 bits per heavy atom. The van der Waals surface area contributed by atoms with E-state index in [9.17, 15) is 0 Å². The summed E-state index contributed by atoms with van der Waals surface area (Å²) in [7, 11) is 0. The van der Waals surface area contributed by atoms with Gasteiger partial charge in [-0.05, 0) is 0 Å². The SMILES string of the molecule is [Br][Pb][Br].[Ca+2].[H-].[H-]. The molecule has 0 atom stereocenters. The molecule has 0 aromatic rings. The van der Waals surface area contributed by atoms with E-state index < -0.39 is 0 Å². The molecule has 22 valence electrons. The van der Waals surface area contributed by atoms with Crippen molar-refractivity contribution in [3.63, 3.8) is 0 Å². The molecule has 0 saturated heterocycles. The van der Waals surface area contributed by atoms with Crippen molar-refractivity contribution in [2.45, 2.75) is 0 Å². The summed E-state index contributed by atoms with van der Waals surface area (Å²) in [5, 5.41) is 0. The van der Waals surface area contributed by atoms with E-state index in [1.807, 2.05) is 0 Å². The van der Waals surface area contributed by atoms with Gasteiger partial charge in [0.1, 0.15) is 0 Å². The van der Waals surface area contributed by atoms with Crippen molar-refractivity contribution in [2.75, 3.05) is 0 Å². The first-order valence-electron chi connectivity index (χ1n) is 0.378. The molecule has 0 bridgehead atoms. The van der Waals surface area contributed by atoms with Crippen LogP contribution in [0.25, 0.3) is 0 Å². The standard InChI is InChI=1S/2BrH.Ca.Pb.2H/h2*1H;;;;/q;;2*+2;2*-1/p-2.